The summed E-state index contributed by atoms with van der Waals surface area (Å²) in [6.45, 7) is 10.0. The first-order valence-electron chi connectivity index (χ1n) is 35.7. The Morgan fingerprint density at radius 3 is 1.13 bits per heavy atom. The van der Waals surface area contributed by atoms with Gasteiger partial charge in [-0.25, -0.2) is 48.3 Å². The lowest BCUT2D eigenvalue weighted by Gasteiger charge is -2.29. The van der Waals surface area contributed by atoms with Crippen LogP contribution < -0.4 is 9.47 Å². The maximum Gasteiger partial charge on any atom is 0.432 e. The van der Waals surface area contributed by atoms with Crippen molar-refractivity contribution < 1.29 is 84.8 Å². The van der Waals surface area contributed by atoms with Crippen molar-refractivity contribution >= 4 is 0 Å². The normalized spacial score (nSPS) is 18.4. The molecule has 4 unspecified atom stereocenters. The van der Waals surface area contributed by atoms with E-state index in [0.717, 1.165) is 91.5 Å². The van der Waals surface area contributed by atoms with E-state index in [0.29, 0.717) is 71.9 Å². The van der Waals surface area contributed by atoms with Gasteiger partial charge in [-0.1, -0.05) is 182 Å². The smallest absolute Gasteiger partial charge is 0.429 e. The minimum absolute atomic E-state index is 0.000538. The molecule has 0 radical (unpaired) electrons. The Hall–Kier alpha value is -8.55. The summed E-state index contributed by atoms with van der Waals surface area (Å²) in [5, 5.41) is 0. The van der Waals surface area contributed by atoms with Gasteiger partial charge in [0.1, 0.15) is 51.7 Å². The third-order valence-corrected chi connectivity index (χ3v) is 19.9. The fourth-order valence-corrected chi connectivity index (χ4v) is 14.0. The zero-order valence-corrected chi connectivity index (χ0v) is 58.3. The van der Waals surface area contributed by atoms with Crippen molar-refractivity contribution in [2.75, 3.05) is 13.2 Å². The van der Waals surface area contributed by atoms with Gasteiger partial charge in [0.25, 0.3) is 0 Å². The molecule has 9 aromatic rings. The van der Waals surface area contributed by atoms with Crippen LogP contribution in [0.2, 0.25) is 0 Å². The SMILES string of the molecule is CCC1CCC(c2ccc(-c3cc(F)c(C(F)(F)Oc4cc(F)c(F)c(F)c4)c(F)c3)cc2)OC1.CCCC1CCC(c2ccc(-c3cc(F)c(C(F)(F)Oc4cc(F)c(F)c(F)c4)c(F)c3)cc2)OC1.CCCCCC1CCC(c2ccc(-c3ccc(-c4ccc(CCC)cc4)c(F)c3)cc2)CC1. The number of hydrogen-bond donors (Lipinski definition) is 0. The second-order valence-corrected chi connectivity index (χ2v) is 27.2. The largest absolute Gasteiger partial charge is 0.432 e. The van der Waals surface area contributed by atoms with E-state index >= 15 is 0 Å². The Balaban J connectivity index is 0.000000168. The van der Waals surface area contributed by atoms with Gasteiger partial charge in [-0.05, 0) is 179 Å². The van der Waals surface area contributed by atoms with Crippen LogP contribution in [-0.4, -0.2) is 13.2 Å². The van der Waals surface area contributed by atoms with Crippen LogP contribution in [0.4, 0.5) is 65.9 Å². The lowest BCUT2D eigenvalue weighted by molar-refractivity contribution is -0.190. The Labute approximate surface area is 597 Å². The number of alkyl halides is 4. The second-order valence-electron chi connectivity index (χ2n) is 27.2. The van der Waals surface area contributed by atoms with Gasteiger partial charge < -0.3 is 18.9 Å². The number of unbranched alkanes of at least 4 members (excludes halogenated alkanes) is 2. The molecule has 9 aromatic carbocycles. The Morgan fingerprint density at radius 2 is 0.740 bits per heavy atom. The van der Waals surface area contributed by atoms with E-state index in [1.54, 1.807) is 54.6 Å². The zero-order valence-electron chi connectivity index (χ0n) is 58.3. The van der Waals surface area contributed by atoms with E-state index in [9.17, 15) is 65.9 Å². The number of ether oxygens (including phenoxy) is 4. The Kier molecular flexibility index (Phi) is 26.6. The molecule has 3 aliphatic rings. The summed E-state index contributed by atoms with van der Waals surface area (Å²) in [5.74, 6) is -17.2. The van der Waals surface area contributed by atoms with E-state index in [-0.39, 0.29) is 53.4 Å². The number of hydrogen-bond acceptors (Lipinski definition) is 4. The average molecular weight is 1450 g/mol. The fraction of sp³-hybridized carbons (Fsp3) is 0.365. The van der Waals surface area contributed by atoms with Crippen LogP contribution in [0.15, 0.2) is 164 Å². The molecule has 0 aromatic heterocycles. The molecule has 0 amide bonds. The van der Waals surface area contributed by atoms with Gasteiger partial charge in [0.15, 0.2) is 34.9 Å². The highest BCUT2D eigenvalue weighted by Crippen LogP contribution is 2.43. The van der Waals surface area contributed by atoms with Crippen LogP contribution in [-0.2, 0) is 28.1 Å². The monoisotopic (exact) mass is 1450 g/mol. The molecule has 552 valence electrons. The topological polar surface area (TPSA) is 36.9 Å². The molecule has 1 aliphatic carbocycles. The van der Waals surface area contributed by atoms with E-state index in [4.69, 9.17) is 9.47 Å². The van der Waals surface area contributed by atoms with E-state index in [1.165, 1.54) is 62.5 Å². The van der Waals surface area contributed by atoms with Crippen molar-refractivity contribution in [1.29, 1.82) is 0 Å². The van der Waals surface area contributed by atoms with E-state index in [2.05, 4.69) is 79.6 Å². The summed E-state index contributed by atoms with van der Waals surface area (Å²) in [6.07, 6.45) is 10.7. The third kappa shape index (κ3) is 19.7. The van der Waals surface area contributed by atoms with Crippen molar-refractivity contribution in [3.05, 3.63) is 261 Å². The standard InChI is InChI=1S/C32H39F.C27H23F7O2.C26H21F7O2/c1-3-5-6-8-25-9-13-26(14-10-25)27-17-19-28(20-18-27)30-21-22-31(32(33)23-30)29-15-11-24(7-4-2)12-16-29;1-2-3-15-4-9-24(35-14-15)17-7-5-16(6-8-17)18-10-20(28)25(21(29)11-18)27(33,34)36-19-12-22(30)26(32)23(31)13-19;1-2-14-3-8-23(34-13-14)16-6-4-15(5-7-16)17-9-19(27)24(20(28)10-17)26(32,33)35-18-11-21(29)25(31)22(30)12-18/h11-12,15-23,25-26H,3-10,13-14H2,1-2H3;5-8,10-13,15,24H,2-4,9,14H2,1H3;4-7,9-12,14,23H,2-3,8,13H2,1H3. The van der Waals surface area contributed by atoms with Crippen molar-refractivity contribution in [2.45, 2.75) is 167 Å². The molecule has 2 heterocycles. The molecule has 4 atom stereocenters. The predicted molar refractivity (Wildman–Crippen MR) is 373 cm³/mol. The van der Waals surface area contributed by atoms with Gasteiger partial charge in [0.05, 0.1) is 25.4 Å². The van der Waals surface area contributed by atoms with Crippen LogP contribution >= 0.6 is 0 Å². The number of rotatable bonds is 22. The number of benzene rings is 9. The van der Waals surface area contributed by atoms with E-state index < -0.39 is 93.0 Å². The van der Waals surface area contributed by atoms with Crippen molar-refractivity contribution in [3.63, 3.8) is 0 Å². The van der Waals surface area contributed by atoms with Gasteiger partial charge in [0, 0.05) is 29.8 Å². The predicted octanol–water partition coefficient (Wildman–Crippen LogP) is 26.5. The van der Waals surface area contributed by atoms with Crippen molar-refractivity contribution in [2.24, 2.45) is 17.8 Å². The number of halogens is 15. The van der Waals surface area contributed by atoms with Crippen LogP contribution in [0.1, 0.15) is 182 Å². The highest BCUT2D eigenvalue weighted by molar-refractivity contribution is 5.72. The molecular formula is C85H83F15O4. The van der Waals surface area contributed by atoms with Gasteiger partial charge in [0.2, 0.25) is 0 Å². The maximum atomic E-state index is 15.0. The molecular weight excluding hydrogens is 1370 g/mol. The quantitative estimate of drug-likeness (QED) is 0.0385. The number of aryl methyl sites for hydroxylation is 1. The highest BCUT2D eigenvalue weighted by Gasteiger charge is 2.43. The molecule has 2 saturated heterocycles. The minimum atomic E-state index is -4.64. The summed E-state index contributed by atoms with van der Waals surface area (Å²) in [6, 6.07) is 39.8. The van der Waals surface area contributed by atoms with Gasteiger partial charge in [-0.3, -0.25) is 0 Å². The van der Waals surface area contributed by atoms with Crippen LogP contribution in [0, 0.1) is 81.7 Å². The molecule has 0 bridgehead atoms. The highest BCUT2D eigenvalue weighted by atomic mass is 19.3. The van der Waals surface area contributed by atoms with Gasteiger partial charge >= 0.3 is 12.2 Å². The lowest BCUT2D eigenvalue weighted by atomic mass is 9.77. The maximum absolute atomic E-state index is 15.0. The zero-order chi connectivity index (χ0) is 74.4. The Morgan fingerprint density at radius 1 is 0.346 bits per heavy atom. The third-order valence-electron chi connectivity index (χ3n) is 19.9. The minimum Gasteiger partial charge on any atom is -0.429 e. The molecule has 0 spiro atoms. The molecule has 1 saturated carbocycles. The van der Waals surface area contributed by atoms with E-state index in [1.807, 2.05) is 18.2 Å². The van der Waals surface area contributed by atoms with Crippen molar-refractivity contribution in [3.8, 4) is 56.0 Å². The summed E-state index contributed by atoms with van der Waals surface area (Å²) in [4.78, 5) is 0. The lowest BCUT2D eigenvalue weighted by Crippen LogP contribution is -2.25. The first-order chi connectivity index (χ1) is 49.8. The van der Waals surface area contributed by atoms with Gasteiger partial charge in [-0.15, -0.1) is 0 Å². The fourth-order valence-electron chi connectivity index (χ4n) is 14.0. The summed E-state index contributed by atoms with van der Waals surface area (Å²) in [7, 11) is 0. The van der Waals surface area contributed by atoms with Crippen LogP contribution in [0.3, 0.4) is 0 Å². The van der Waals surface area contributed by atoms with Crippen LogP contribution in [0.5, 0.6) is 11.5 Å². The second kappa shape index (κ2) is 35.5. The molecule has 12 rings (SSSR count). The first-order valence-corrected chi connectivity index (χ1v) is 35.7. The Bertz CT molecular complexity index is 4200. The summed E-state index contributed by atoms with van der Waals surface area (Å²) in [5.41, 5.74) is 5.51. The molecule has 4 nitrogen and oxygen atoms in total. The first kappa shape index (κ1) is 78.0. The molecule has 2 aliphatic heterocycles. The molecule has 0 N–H and O–H groups in total. The molecule has 3 fully saturated rings. The summed E-state index contributed by atoms with van der Waals surface area (Å²) >= 11 is 0. The molecule has 104 heavy (non-hydrogen) atoms. The molecule has 19 heteroatoms. The van der Waals surface area contributed by atoms with Crippen molar-refractivity contribution in [1.82, 2.24) is 0 Å². The average Bonchev–Trinajstić information content (AvgIpc) is 0.780. The van der Waals surface area contributed by atoms with Gasteiger partial charge in [-0.2, -0.15) is 17.6 Å². The van der Waals surface area contributed by atoms with Crippen LogP contribution in [0.25, 0.3) is 44.5 Å². The summed E-state index contributed by atoms with van der Waals surface area (Å²) < 4.78 is 231.